The summed E-state index contributed by atoms with van der Waals surface area (Å²) in [5, 5.41) is 0. The molecule has 2 aliphatic rings. The molecule has 2 rings (SSSR count). The van der Waals surface area contributed by atoms with Crippen LogP contribution in [0, 0.1) is 0 Å². The molecular formula is C8H11N5. The van der Waals surface area contributed by atoms with Gasteiger partial charge in [0.05, 0.1) is 6.20 Å². The molecule has 5 heteroatoms. The Kier molecular flexibility index (Phi) is 2.08. The Bertz CT molecular complexity index is 356. The first-order valence-corrected chi connectivity index (χ1v) is 4.28. The maximum atomic E-state index is 4.12. The van der Waals surface area contributed by atoms with Gasteiger partial charge in [-0.3, -0.25) is 4.68 Å². The van der Waals surface area contributed by atoms with Crippen LogP contribution in [0.3, 0.4) is 0 Å². The van der Waals surface area contributed by atoms with Crippen LogP contribution in [0.2, 0.25) is 0 Å². The lowest BCUT2D eigenvalue weighted by molar-refractivity contribution is 0.782. The lowest BCUT2D eigenvalue weighted by Gasteiger charge is -2.08. The third kappa shape index (κ3) is 1.58. The van der Waals surface area contributed by atoms with Crippen LogP contribution in [-0.2, 0) is 0 Å². The third-order valence-corrected chi connectivity index (χ3v) is 1.72. The van der Waals surface area contributed by atoms with Gasteiger partial charge in [0.15, 0.2) is 5.82 Å². The highest BCUT2D eigenvalue weighted by Crippen LogP contribution is 2.10. The molecule has 0 spiro atoms. The number of aromatic nitrogens is 4. The van der Waals surface area contributed by atoms with Gasteiger partial charge in [-0.2, -0.15) is 0 Å². The van der Waals surface area contributed by atoms with Crippen LogP contribution in [0.25, 0.3) is 11.5 Å². The number of imidazole rings is 1. The maximum Gasteiger partial charge on any atom is 0.182 e. The lowest BCUT2D eigenvalue weighted by atomic mass is 10.4. The molecule has 68 valence electrons. The Balaban J connectivity index is 2.23. The molecule has 0 saturated carbocycles. The predicted octanol–water partition coefficient (Wildman–Crippen LogP) is 0.731. The number of fused-ring (bicyclic) bond motifs is 1. The van der Waals surface area contributed by atoms with Gasteiger partial charge in [0.2, 0.25) is 0 Å². The van der Waals surface area contributed by atoms with Crippen molar-refractivity contribution in [3.05, 3.63) is 18.9 Å². The molecule has 0 bridgehead atoms. The van der Waals surface area contributed by atoms with Crippen molar-refractivity contribution in [2.75, 3.05) is 12.0 Å². The molecule has 0 aliphatic carbocycles. The van der Waals surface area contributed by atoms with Crippen LogP contribution < -0.4 is 5.43 Å². The molecule has 0 aromatic heterocycles. The summed E-state index contributed by atoms with van der Waals surface area (Å²) in [6.45, 7) is 3.04. The molecule has 0 fully saturated rings. The van der Waals surface area contributed by atoms with E-state index >= 15 is 0 Å². The van der Waals surface area contributed by atoms with Gasteiger partial charge in [-0.05, 0) is 6.42 Å². The van der Waals surface area contributed by atoms with Gasteiger partial charge in [0, 0.05) is 6.54 Å². The van der Waals surface area contributed by atoms with E-state index in [1.807, 2.05) is 6.20 Å². The quantitative estimate of drug-likeness (QED) is 0.751. The summed E-state index contributed by atoms with van der Waals surface area (Å²) in [7, 11) is 0. The Morgan fingerprint density at radius 1 is 1.38 bits per heavy atom. The standard InChI is InChI=1S/C8H11N5/c1-2-3-12-13-4-7-8(11-6-13)10-5-9-7/h4-6,12H,2-3H2,1H3. The number of rotatable bonds is 3. The Morgan fingerprint density at radius 2 is 2.31 bits per heavy atom. The van der Waals surface area contributed by atoms with E-state index in [9.17, 15) is 0 Å². The van der Waals surface area contributed by atoms with Crippen LogP contribution in [0.1, 0.15) is 13.3 Å². The Hall–Kier alpha value is -1.65. The van der Waals surface area contributed by atoms with Crippen molar-refractivity contribution in [2.24, 2.45) is 0 Å². The first-order chi connectivity index (χ1) is 6.40. The number of hydrogen-bond acceptors (Lipinski definition) is 4. The molecule has 2 aliphatic heterocycles. The molecule has 0 amide bonds. The smallest absolute Gasteiger partial charge is 0.182 e. The van der Waals surface area contributed by atoms with E-state index in [4.69, 9.17) is 0 Å². The fourth-order valence-electron chi connectivity index (χ4n) is 1.07. The summed E-state index contributed by atoms with van der Waals surface area (Å²) in [5.74, 6) is 0.689. The van der Waals surface area contributed by atoms with E-state index in [2.05, 4.69) is 27.3 Å². The van der Waals surface area contributed by atoms with E-state index in [0.717, 1.165) is 18.7 Å². The minimum Gasteiger partial charge on any atom is -0.325 e. The molecule has 0 atom stereocenters. The van der Waals surface area contributed by atoms with Gasteiger partial charge >= 0.3 is 0 Å². The van der Waals surface area contributed by atoms with Crippen LogP contribution >= 0.6 is 0 Å². The molecule has 0 saturated heterocycles. The molecule has 13 heavy (non-hydrogen) atoms. The average molecular weight is 177 g/mol. The third-order valence-electron chi connectivity index (χ3n) is 1.72. The summed E-state index contributed by atoms with van der Waals surface area (Å²) >= 11 is 0. The zero-order chi connectivity index (χ0) is 9.10. The SMILES string of the molecule is CCCNn1cnc2ncnc-2c1. The minimum absolute atomic E-state index is 0.689. The first kappa shape index (κ1) is 7.97. The van der Waals surface area contributed by atoms with E-state index in [1.165, 1.54) is 6.33 Å². The zero-order valence-electron chi connectivity index (χ0n) is 7.44. The Labute approximate surface area is 76.2 Å². The minimum atomic E-state index is 0.689. The van der Waals surface area contributed by atoms with E-state index in [0.29, 0.717) is 5.82 Å². The van der Waals surface area contributed by atoms with Gasteiger partial charge in [-0.15, -0.1) is 0 Å². The highest BCUT2D eigenvalue weighted by molar-refractivity contribution is 5.47. The van der Waals surface area contributed by atoms with Gasteiger partial charge in [0.25, 0.3) is 0 Å². The van der Waals surface area contributed by atoms with Crippen molar-refractivity contribution in [2.45, 2.75) is 13.3 Å². The zero-order valence-corrected chi connectivity index (χ0v) is 7.44. The summed E-state index contributed by atoms with van der Waals surface area (Å²) in [5.41, 5.74) is 3.97. The highest BCUT2D eigenvalue weighted by Gasteiger charge is 2.05. The molecule has 5 nitrogen and oxygen atoms in total. The van der Waals surface area contributed by atoms with Gasteiger partial charge in [0.1, 0.15) is 18.3 Å². The van der Waals surface area contributed by atoms with E-state index in [-0.39, 0.29) is 0 Å². The number of hydrogen-bond donors (Lipinski definition) is 1. The fourth-order valence-corrected chi connectivity index (χ4v) is 1.07. The highest BCUT2D eigenvalue weighted by atomic mass is 15.4. The number of nitrogens with one attached hydrogen (secondary N) is 1. The normalized spacial score (nSPS) is 10.5. The summed E-state index contributed by atoms with van der Waals surface area (Å²) in [6.07, 6.45) is 6.18. The van der Waals surface area contributed by atoms with Crippen molar-refractivity contribution in [3.63, 3.8) is 0 Å². The first-order valence-electron chi connectivity index (χ1n) is 4.28. The summed E-state index contributed by atoms with van der Waals surface area (Å²) in [4.78, 5) is 12.2. The van der Waals surface area contributed by atoms with Gasteiger partial charge < -0.3 is 5.43 Å². The van der Waals surface area contributed by atoms with Crippen molar-refractivity contribution < 1.29 is 0 Å². The molecular weight excluding hydrogens is 166 g/mol. The summed E-state index contributed by atoms with van der Waals surface area (Å²) < 4.78 is 1.81. The van der Waals surface area contributed by atoms with Crippen molar-refractivity contribution in [1.82, 2.24) is 19.6 Å². The largest absolute Gasteiger partial charge is 0.325 e. The second-order valence-corrected chi connectivity index (χ2v) is 2.77. The van der Waals surface area contributed by atoms with Crippen molar-refractivity contribution >= 4 is 0 Å². The topological polar surface area (TPSA) is 55.6 Å². The lowest BCUT2D eigenvalue weighted by Crippen LogP contribution is -2.16. The van der Waals surface area contributed by atoms with E-state index in [1.54, 1.807) is 11.0 Å². The van der Waals surface area contributed by atoms with Crippen molar-refractivity contribution in [3.8, 4) is 11.5 Å². The number of nitrogens with zero attached hydrogens (tertiary/aromatic N) is 4. The maximum absolute atomic E-state index is 4.12. The van der Waals surface area contributed by atoms with Crippen LogP contribution in [0.5, 0.6) is 0 Å². The average Bonchev–Trinajstić information content (AvgIpc) is 2.61. The molecule has 0 unspecified atom stereocenters. The monoisotopic (exact) mass is 177 g/mol. The van der Waals surface area contributed by atoms with Gasteiger partial charge in [-0.25, -0.2) is 15.0 Å². The second-order valence-electron chi connectivity index (χ2n) is 2.77. The van der Waals surface area contributed by atoms with Crippen LogP contribution in [0.15, 0.2) is 18.9 Å². The molecule has 0 aromatic rings. The molecule has 0 radical (unpaired) electrons. The Morgan fingerprint density at radius 3 is 3.15 bits per heavy atom. The second kappa shape index (κ2) is 3.38. The molecule has 2 heterocycles. The summed E-state index contributed by atoms with van der Waals surface area (Å²) in [6, 6.07) is 0. The van der Waals surface area contributed by atoms with Crippen LogP contribution in [0.4, 0.5) is 0 Å². The van der Waals surface area contributed by atoms with Crippen LogP contribution in [-0.4, -0.2) is 26.2 Å². The van der Waals surface area contributed by atoms with Gasteiger partial charge in [-0.1, -0.05) is 6.92 Å². The van der Waals surface area contributed by atoms with Crippen molar-refractivity contribution in [1.29, 1.82) is 0 Å². The molecule has 1 N–H and O–H groups in total. The fraction of sp³-hybridized carbons (Fsp3) is 0.375. The predicted molar refractivity (Wildman–Crippen MR) is 49.0 cm³/mol. The molecule has 0 aromatic carbocycles. The van der Waals surface area contributed by atoms with E-state index < -0.39 is 0 Å².